The van der Waals surface area contributed by atoms with E-state index in [-0.39, 0.29) is 256 Å². The molecule has 0 aliphatic carbocycles. The molecule has 0 nitrogen and oxygen atoms in total. The molecular weight excluding hydrogens is 230 g/mol. The van der Waals surface area contributed by atoms with Crippen molar-refractivity contribution in [2.45, 2.75) is 0 Å². The molecule has 0 aromatic heterocycles. The van der Waals surface area contributed by atoms with Crippen LogP contribution in [0.3, 0.4) is 0 Å². The van der Waals surface area contributed by atoms with E-state index >= 15 is 0 Å². The van der Waals surface area contributed by atoms with Gasteiger partial charge in [0.15, 0.2) is 0 Å². The molecule has 0 saturated heterocycles. The van der Waals surface area contributed by atoms with Crippen molar-refractivity contribution in [3.8, 4) is 0 Å². The number of hydrogen-bond donors (Lipinski definition) is 0. The molecule has 0 aliphatic rings. The van der Waals surface area contributed by atoms with Crippen LogP contribution >= 0.6 is 0 Å². The maximum absolute atomic E-state index is 0. The van der Waals surface area contributed by atoms with Gasteiger partial charge in [-0.3, -0.25) is 0 Å². The fraction of sp³-hybridized carbons (Fsp3) is 0. The van der Waals surface area contributed by atoms with E-state index in [9.17, 15) is 0 Å². The van der Waals surface area contributed by atoms with Gasteiger partial charge in [-0.1, -0.05) is 0 Å². The van der Waals surface area contributed by atoms with Crippen molar-refractivity contribution in [1.29, 1.82) is 0 Å². The molecule has 0 aliphatic heterocycles. The maximum Gasteiger partial charge on any atom is 1.00 e. The van der Waals surface area contributed by atoms with Gasteiger partial charge in [-0.05, 0) is 0 Å². The molecule has 0 saturated carbocycles. The van der Waals surface area contributed by atoms with Crippen LogP contribution in [0.2, 0.25) is 0 Å². The molecule has 0 unspecified atom stereocenters. The van der Waals surface area contributed by atoms with E-state index in [0.29, 0.717) is 0 Å². The number of rotatable bonds is 0. The Morgan fingerprint density at radius 2 is 0.133 bits per heavy atom. The second kappa shape index (κ2) is 156. The Labute approximate surface area is 250 Å². The Kier molecular flexibility index (Phi) is 1870. The van der Waals surface area contributed by atoms with Gasteiger partial charge in [0.05, 0.1) is 0 Å². The first-order valence-electron chi connectivity index (χ1n) is 0. The molecule has 15 heavy (non-hydrogen) atoms. The zero-order valence-electron chi connectivity index (χ0n) is 12.0. The smallest absolute Gasteiger partial charge is 1.00 e. The van der Waals surface area contributed by atoms with Crippen molar-refractivity contribution >= 4 is 67.5 Å². The molecule has 0 bridgehead atoms. The first kappa shape index (κ1) is 180. The fourth-order valence-electron chi connectivity index (χ4n) is 0. The standard InChI is InChI=1S/10Li.5S/q10*+1;5*-2. The van der Waals surface area contributed by atoms with Crippen molar-refractivity contribution in [1.82, 2.24) is 0 Å². The fourth-order valence-corrected chi connectivity index (χ4v) is 0. The monoisotopic (exact) mass is 230 g/mol. The van der Waals surface area contributed by atoms with Gasteiger partial charge >= 0.3 is 189 Å². The second-order valence-corrected chi connectivity index (χ2v) is 0. The van der Waals surface area contributed by atoms with Crippen molar-refractivity contribution in [3.05, 3.63) is 0 Å². The Hall–Kier alpha value is 7.72. The van der Waals surface area contributed by atoms with Crippen LogP contribution in [0.5, 0.6) is 0 Å². The topological polar surface area (TPSA) is 0 Å². The summed E-state index contributed by atoms with van der Waals surface area (Å²) < 4.78 is 0. The Bertz CT molecular complexity index is 13.8. The van der Waals surface area contributed by atoms with Crippen molar-refractivity contribution in [3.63, 3.8) is 0 Å². The van der Waals surface area contributed by atoms with Crippen LogP contribution in [0.15, 0.2) is 0 Å². The van der Waals surface area contributed by atoms with Crippen molar-refractivity contribution in [2.24, 2.45) is 0 Å². The zero-order chi connectivity index (χ0) is 0. The van der Waals surface area contributed by atoms with Gasteiger partial charge in [0.2, 0.25) is 0 Å². The van der Waals surface area contributed by atoms with Crippen LogP contribution in [0.25, 0.3) is 0 Å². The van der Waals surface area contributed by atoms with E-state index in [1.54, 1.807) is 0 Å². The molecular formula is Li10S5. The van der Waals surface area contributed by atoms with Gasteiger partial charge in [-0.25, -0.2) is 0 Å². The minimum absolute atomic E-state index is 0. The normalized spacial score (nSPS) is 0. The molecule has 0 atom stereocenters. The van der Waals surface area contributed by atoms with Crippen LogP contribution in [-0.4, -0.2) is 0 Å². The van der Waals surface area contributed by atoms with Gasteiger partial charge in [0.1, 0.15) is 0 Å². The van der Waals surface area contributed by atoms with Crippen LogP contribution in [0.1, 0.15) is 0 Å². The molecule has 15 heteroatoms. The first-order valence-corrected chi connectivity index (χ1v) is 0. The minimum atomic E-state index is 0. The molecule has 0 rings (SSSR count). The summed E-state index contributed by atoms with van der Waals surface area (Å²) in [4.78, 5) is 0. The summed E-state index contributed by atoms with van der Waals surface area (Å²) in [5.74, 6) is 0. The summed E-state index contributed by atoms with van der Waals surface area (Å²) in [7, 11) is 0. The van der Waals surface area contributed by atoms with Crippen molar-refractivity contribution < 1.29 is 189 Å². The summed E-state index contributed by atoms with van der Waals surface area (Å²) in [5.41, 5.74) is 0. The third-order valence-corrected chi connectivity index (χ3v) is 0. The molecule has 0 aromatic rings. The molecule has 0 radical (unpaired) electrons. The van der Waals surface area contributed by atoms with E-state index in [1.807, 2.05) is 0 Å². The molecule has 0 heterocycles. The van der Waals surface area contributed by atoms with Gasteiger partial charge in [0.25, 0.3) is 0 Å². The second-order valence-electron chi connectivity index (χ2n) is 0. The Morgan fingerprint density at radius 1 is 0.133 bits per heavy atom. The SMILES string of the molecule is [Li+].[Li+].[Li+].[Li+].[Li+].[Li+].[Li+].[Li+].[Li+].[Li+].[S-2].[S-2].[S-2].[S-2].[S-2]. The summed E-state index contributed by atoms with van der Waals surface area (Å²) >= 11 is 0. The van der Waals surface area contributed by atoms with E-state index in [2.05, 4.69) is 0 Å². The predicted molar refractivity (Wildman–Crippen MR) is 36.8 cm³/mol. The average Bonchev–Trinajstić information content (AvgIpc) is 0. The Morgan fingerprint density at radius 3 is 0.133 bits per heavy atom. The maximum atomic E-state index is 0. The van der Waals surface area contributed by atoms with Gasteiger partial charge < -0.3 is 67.5 Å². The quantitative estimate of drug-likeness (QED) is 0.362. The molecule has 0 aromatic carbocycles. The molecule has 40 valence electrons. The van der Waals surface area contributed by atoms with Crippen LogP contribution < -0.4 is 189 Å². The van der Waals surface area contributed by atoms with Crippen LogP contribution in [0, 0.1) is 0 Å². The summed E-state index contributed by atoms with van der Waals surface area (Å²) in [5, 5.41) is 0. The van der Waals surface area contributed by atoms with Gasteiger partial charge in [-0.15, -0.1) is 0 Å². The zero-order valence-corrected chi connectivity index (χ0v) is 16.1. The van der Waals surface area contributed by atoms with E-state index in [1.165, 1.54) is 0 Å². The van der Waals surface area contributed by atoms with Gasteiger partial charge in [0, 0.05) is 0 Å². The first-order chi connectivity index (χ1) is 0. The van der Waals surface area contributed by atoms with Crippen molar-refractivity contribution in [2.75, 3.05) is 0 Å². The molecule has 0 fully saturated rings. The van der Waals surface area contributed by atoms with Crippen LogP contribution in [0.4, 0.5) is 0 Å². The third-order valence-electron chi connectivity index (χ3n) is 0. The molecule has 0 amide bonds. The summed E-state index contributed by atoms with van der Waals surface area (Å²) in [6.07, 6.45) is 0. The number of hydrogen-bond acceptors (Lipinski definition) is 0. The van der Waals surface area contributed by atoms with E-state index in [4.69, 9.17) is 0 Å². The molecule has 0 N–H and O–H groups in total. The van der Waals surface area contributed by atoms with E-state index in [0.717, 1.165) is 0 Å². The minimum Gasteiger partial charge on any atom is -2.00 e. The Balaban J connectivity index is 0. The predicted octanol–water partition coefficient (Wildman–Crippen LogP) is -30.0. The summed E-state index contributed by atoms with van der Waals surface area (Å²) in [6, 6.07) is 0. The summed E-state index contributed by atoms with van der Waals surface area (Å²) in [6.45, 7) is 0. The average molecular weight is 230 g/mol. The van der Waals surface area contributed by atoms with Crippen LogP contribution in [-0.2, 0) is 67.5 Å². The third kappa shape index (κ3) is 142. The largest absolute Gasteiger partial charge is 2.00 e. The van der Waals surface area contributed by atoms with Gasteiger partial charge in [-0.2, -0.15) is 0 Å². The van der Waals surface area contributed by atoms with E-state index < -0.39 is 0 Å². The molecule has 0 spiro atoms.